The normalized spacial score (nSPS) is 10.3. The van der Waals surface area contributed by atoms with E-state index < -0.39 is 5.97 Å². The lowest BCUT2D eigenvalue weighted by atomic mass is 10.2. The number of nitrogens with zero attached hydrogens (tertiary/aromatic N) is 2. The number of carbonyl (C=O) groups excluding carboxylic acids is 2. The highest BCUT2D eigenvalue weighted by atomic mass is 16.5. The summed E-state index contributed by atoms with van der Waals surface area (Å²) in [4.78, 5) is 23.9. The molecule has 6 nitrogen and oxygen atoms in total. The Bertz CT molecular complexity index is 760. The van der Waals surface area contributed by atoms with Crippen LogP contribution in [0.1, 0.15) is 47.3 Å². The zero-order chi connectivity index (χ0) is 17.7. The Morgan fingerprint density at radius 2 is 1.83 bits per heavy atom. The summed E-state index contributed by atoms with van der Waals surface area (Å²) < 4.78 is 11.5. The predicted molar refractivity (Wildman–Crippen MR) is 89.1 cm³/mol. The van der Waals surface area contributed by atoms with E-state index in [-0.39, 0.29) is 5.97 Å². The molecule has 0 amide bonds. The molecule has 0 atom stereocenters. The first-order valence-electron chi connectivity index (χ1n) is 7.70. The van der Waals surface area contributed by atoms with Gasteiger partial charge in [-0.05, 0) is 50.6 Å². The van der Waals surface area contributed by atoms with Crippen molar-refractivity contribution in [1.29, 1.82) is 0 Å². The summed E-state index contributed by atoms with van der Waals surface area (Å²) in [5.74, 6) is -0.603. The average molecular weight is 328 g/mol. The van der Waals surface area contributed by atoms with Crippen LogP contribution in [0.25, 0.3) is 5.69 Å². The lowest BCUT2D eigenvalue weighted by Gasteiger charge is -2.08. The molecule has 0 aliphatic rings. The van der Waals surface area contributed by atoms with Crippen LogP contribution in [-0.4, -0.2) is 28.3 Å². The third kappa shape index (κ3) is 3.90. The number of aromatic nitrogens is 2. The van der Waals surface area contributed by atoms with Crippen molar-refractivity contribution in [2.75, 3.05) is 6.61 Å². The fourth-order valence-corrected chi connectivity index (χ4v) is 2.11. The Balaban J connectivity index is 2.37. The van der Waals surface area contributed by atoms with Crippen molar-refractivity contribution in [3.63, 3.8) is 0 Å². The number of carbonyl (C=O) groups is 2. The molecule has 0 spiro atoms. The van der Waals surface area contributed by atoms with Gasteiger partial charge < -0.3 is 9.47 Å². The summed E-state index contributed by atoms with van der Waals surface area (Å²) in [5, 5.41) is 4.41. The first-order chi connectivity index (χ1) is 11.5. The van der Waals surface area contributed by atoms with Crippen molar-refractivity contribution in [3.8, 4) is 5.69 Å². The number of allylic oxidation sites excluding steroid dienone is 1. The predicted octanol–water partition coefficient (Wildman–Crippen LogP) is 3.30. The summed E-state index contributed by atoms with van der Waals surface area (Å²) in [5.41, 5.74) is 2.16. The molecule has 0 bridgehead atoms. The minimum Gasteiger partial charge on any atom is -0.462 e. The summed E-state index contributed by atoms with van der Waals surface area (Å²) in [6.07, 6.45) is 0.682. The van der Waals surface area contributed by atoms with Gasteiger partial charge in [-0.15, -0.1) is 0 Å². The molecule has 24 heavy (non-hydrogen) atoms. The minimum atomic E-state index is -0.524. The van der Waals surface area contributed by atoms with Gasteiger partial charge in [-0.2, -0.15) is 5.10 Å². The van der Waals surface area contributed by atoms with Crippen molar-refractivity contribution in [2.45, 2.75) is 27.2 Å². The SMILES string of the molecule is C=C(C)OC(=O)c1cc(CC)nn1-c1ccc(C(=O)OCC)cc1. The highest BCUT2D eigenvalue weighted by Gasteiger charge is 2.18. The Morgan fingerprint density at radius 3 is 2.38 bits per heavy atom. The Hall–Kier alpha value is -2.89. The van der Waals surface area contributed by atoms with Gasteiger partial charge in [0.15, 0.2) is 5.69 Å². The molecule has 0 fully saturated rings. The van der Waals surface area contributed by atoms with Crippen LogP contribution in [0, 0.1) is 0 Å². The molecule has 1 heterocycles. The summed E-state index contributed by atoms with van der Waals surface area (Å²) in [7, 11) is 0. The zero-order valence-corrected chi connectivity index (χ0v) is 14.0. The van der Waals surface area contributed by atoms with E-state index in [0.717, 1.165) is 5.69 Å². The third-order valence-electron chi connectivity index (χ3n) is 3.22. The Kier molecular flexibility index (Phi) is 5.52. The fourth-order valence-electron chi connectivity index (χ4n) is 2.11. The second-order valence-corrected chi connectivity index (χ2v) is 5.15. The van der Waals surface area contributed by atoms with Crippen LogP contribution in [0.3, 0.4) is 0 Å². The van der Waals surface area contributed by atoms with E-state index in [9.17, 15) is 9.59 Å². The Morgan fingerprint density at radius 1 is 1.17 bits per heavy atom. The van der Waals surface area contributed by atoms with Gasteiger partial charge in [0.25, 0.3) is 0 Å². The molecule has 1 aromatic carbocycles. The van der Waals surface area contributed by atoms with Gasteiger partial charge in [0.2, 0.25) is 0 Å². The number of hydrogen-bond donors (Lipinski definition) is 0. The number of esters is 2. The van der Waals surface area contributed by atoms with Gasteiger partial charge in [-0.1, -0.05) is 13.5 Å². The quantitative estimate of drug-likeness (QED) is 0.601. The molecule has 0 saturated heterocycles. The van der Waals surface area contributed by atoms with Gasteiger partial charge in [0.05, 0.1) is 29.3 Å². The molecule has 1 aromatic heterocycles. The molecule has 6 heteroatoms. The van der Waals surface area contributed by atoms with Crippen LogP contribution >= 0.6 is 0 Å². The van der Waals surface area contributed by atoms with Crippen molar-refractivity contribution in [3.05, 3.63) is 59.6 Å². The summed E-state index contributed by atoms with van der Waals surface area (Å²) in [6.45, 7) is 9.20. The van der Waals surface area contributed by atoms with E-state index in [1.165, 1.54) is 4.68 Å². The first kappa shape index (κ1) is 17.5. The molecule has 126 valence electrons. The Labute approximate surface area is 140 Å². The third-order valence-corrected chi connectivity index (χ3v) is 3.22. The largest absolute Gasteiger partial charge is 0.462 e. The average Bonchev–Trinajstić information content (AvgIpc) is 2.99. The molecule has 0 unspecified atom stereocenters. The number of rotatable bonds is 6. The molecule has 2 rings (SSSR count). The van der Waals surface area contributed by atoms with E-state index in [1.807, 2.05) is 6.92 Å². The molecule has 0 N–H and O–H groups in total. The monoisotopic (exact) mass is 328 g/mol. The lowest BCUT2D eigenvalue weighted by molar-refractivity contribution is 0.0525. The van der Waals surface area contributed by atoms with Crippen molar-refractivity contribution in [2.24, 2.45) is 0 Å². The van der Waals surface area contributed by atoms with Gasteiger partial charge in [0, 0.05) is 0 Å². The second-order valence-electron chi connectivity index (χ2n) is 5.15. The topological polar surface area (TPSA) is 70.4 Å². The van der Waals surface area contributed by atoms with Crippen LogP contribution in [0.15, 0.2) is 42.7 Å². The van der Waals surface area contributed by atoms with E-state index >= 15 is 0 Å². The second kappa shape index (κ2) is 7.59. The van der Waals surface area contributed by atoms with Crippen molar-refractivity contribution >= 4 is 11.9 Å². The minimum absolute atomic E-state index is 0.304. The molecule has 0 saturated carbocycles. The molecular formula is C18H20N2O4. The zero-order valence-electron chi connectivity index (χ0n) is 14.0. The maximum Gasteiger partial charge on any atom is 0.362 e. The number of aryl methyl sites for hydroxylation is 1. The van der Waals surface area contributed by atoms with E-state index in [2.05, 4.69) is 11.7 Å². The van der Waals surface area contributed by atoms with Crippen LogP contribution < -0.4 is 0 Å². The highest BCUT2D eigenvalue weighted by molar-refractivity contribution is 5.90. The number of ether oxygens (including phenoxy) is 2. The maximum absolute atomic E-state index is 12.2. The first-order valence-corrected chi connectivity index (χ1v) is 7.70. The van der Waals surface area contributed by atoms with Gasteiger partial charge >= 0.3 is 11.9 Å². The van der Waals surface area contributed by atoms with Gasteiger partial charge in [-0.3, -0.25) is 0 Å². The van der Waals surface area contributed by atoms with Gasteiger partial charge in [-0.25, -0.2) is 14.3 Å². The van der Waals surface area contributed by atoms with Crippen LogP contribution in [0.5, 0.6) is 0 Å². The smallest absolute Gasteiger partial charge is 0.362 e. The molecule has 2 aromatic rings. The molecular weight excluding hydrogens is 308 g/mol. The number of hydrogen-bond acceptors (Lipinski definition) is 5. The fraction of sp³-hybridized carbons (Fsp3) is 0.278. The van der Waals surface area contributed by atoms with Crippen LogP contribution in [0.4, 0.5) is 0 Å². The standard InChI is InChI=1S/C18H20N2O4/c1-5-14-11-16(18(22)24-12(3)4)20(19-14)15-9-7-13(8-10-15)17(21)23-6-2/h7-11H,3,5-6H2,1-2,4H3. The lowest BCUT2D eigenvalue weighted by Crippen LogP contribution is -2.11. The number of benzene rings is 1. The molecule has 0 aliphatic heterocycles. The summed E-state index contributed by atoms with van der Waals surface area (Å²) >= 11 is 0. The van der Waals surface area contributed by atoms with Crippen molar-refractivity contribution in [1.82, 2.24) is 9.78 Å². The van der Waals surface area contributed by atoms with Crippen LogP contribution in [0.2, 0.25) is 0 Å². The van der Waals surface area contributed by atoms with E-state index in [0.29, 0.717) is 35.7 Å². The van der Waals surface area contributed by atoms with E-state index in [1.54, 1.807) is 44.2 Å². The summed E-state index contributed by atoms with van der Waals surface area (Å²) in [6, 6.07) is 8.36. The highest BCUT2D eigenvalue weighted by Crippen LogP contribution is 2.16. The van der Waals surface area contributed by atoms with E-state index in [4.69, 9.17) is 9.47 Å². The van der Waals surface area contributed by atoms with Crippen molar-refractivity contribution < 1.29 is 19.1 Å². The molecule has 0 radical (unpaired) electrons. The van der Waals surface area contributed by atoms with Crippen LogP contribution in [-0.2, 0) is 15.9 Å². The maximum atomic E-state index is 12.2. The van der Waals surface area contributed by atoms with Gasteiger partial charge in [0.1, 0.15) is 0 Å². The molecule has 0 aliphatic carbocycles.